The Bertz CT molecular complexity index is 1160. The number of aryl methyl sites for hydroxylation is 1. The molecule has 2 heterocycles. The molecule has 3 unspecified atom stereocenters. The van der Waals surface area contributed by atoms with Gasteiger partial charge in [-0.05, 0) is 48.4 Å². The highest BCUT2D eigenvalue weighted by Crippen LogP contribution is 2.43. The van der Waals surface area contributed by atoms with E-state index < -0.39 is 0 Å². The molecule has 5 rings (SSSR count). The first kappa shape index (κ1) is 23.5. The van der Waals surface area contributed by atoms with Crippen molar-refractivity contribution in [3.8, 4) is 0 Å². The van der Waals surface area contributed by atoms with Crippen LogP contribution in [0.2, 0.25) is 0 Å². The largest absolute Gasteiger partial charge is 0.347 e. The second-order valence-electron chi connectivity index (χ2n) is 9.45. The molecular weight excluding hydrogens is 430 g/mol. The van der Waals surface area contributed by atoms with E-state index >= 15 is 0 Å². The quantitative estimate of drug-likeness (QED) is 0.292. The highest BCUT2D eigenvalue weighted by molar-refractivity contribution is 5.30. The molecule has 0 radical (unpaired) electrons. The maximum Gasteiger partial charge on any atom is 0.124 e. The molecule has 0 amide bonds. The van der Waals surface area contributed by atoms with Crippen molar-refractivity contribution in [1.82, 2.24) is 25.2 Å². The standard InChI is InChI=1S/C30H35N5/c1-2-17-31-21-25-12-6-7-13-26(25)22-35(27-16-8-14-23-15-9-18-32-28(23)27)29(30-33-19-20-34-30)24-10-4-3-5-11-24/h2-7,9-10,12-13,15,18-20,24,27,29,31H,1,8,11,14,16-17,21-22H2,(H,33,34). The van der Waals surface area contributed by atoms with Crippen molar-refractivity contribution in [3.63, 3.8) is 0 Å². The minimum absolute atomic E-state index is 0.123. The Labute approximate surface area is 208 Å². The summed E-state index contributed by atoms with van der Waals surface area (Å²) in [5.74, 6) is 1.37. The molecule has 0 spiro atoms. The van der Waals surface area contributed by atoms with E-state index in [0.29, 0.717) is 5.92 Å². The zero-order valence-electron chi connectivity index (χ0n) is 20.3. The summed E-state index contributed by atoms with van der Waals surface area (Å²) in [4.78, 5) is 15.9. The smallest absolute Gasteiger partial charge is 0.124 e. The summed E-state index contributed by atoms with van der Waals surface area (Å²) in [6.45, 7) is 6.31. The summed E-state index contributed by atoms with van der Waals surface area (Å²) >= 11 is 0. The van der Waals surface area contributed by atoms with E-state index in [-0.39, 0.29) is 12.1 Å². The topological polar surface area (TPSA) is 56.8 Å². The lowest BCUT2D eigenvalue weighted by atomic mass is 9.85. The molecule has 3 atom stereocenters. The van der Waals surface area contributed by atoms with Gasteiger partial charge >= 0.3 is 0 Å². The van der Waals surface area contributed by atoms with Crippen LogP contribution in [0.1, 0.15) is 59.6 Å². The molecule has 0 saturated heterocycles. The van der Waals surface area contributed by atoms with Crippen molar-refractivity contribution in [3.05, 3.63) is 120 Å². The second-order valence-corrected chi connectivity index (χ2v) is 9.45. The number of hydrogen-bond acceptors (Lipinski definition) is 4. The van der Waals surface area contributed by atoms with Crippen LogP contribution in [0.25, 0.3) is 0 Å². The maximum absolute atomic E-state index is 4.93. The lowest BCUT2D eigenvalue weighted by Crippen LogP contribution is -2.39. The first-order valence-corrected chi connectivity index (χ1v) is 12.8. The van der Waals surface area contributed by atoms with Gasteiger partial charge in [0.2, 0.25) is 0 Å². The molecule has 180 valence electrons. The Kier molecular flexibility index (Phi) is 7.66. The number of nitrogens with zero attached hydrogens (tertiary/aromatic N) is 3. The maximum atomic E-state index is 4.93. The van der Waals surface area contributed by atoms with E-state index in [1.165, 1.54) is 28.8 Å². The number of imidazole rings is 1. The molecule has 2 aromatic heterocycles. The van der Waals surface area contributed by atoms with E-state index in [9.17, 15) is 0 Å². The Morgan fingerprint density at radius 1 is 1.11 bits per heavy atom. The fourth-order valence-corrected chi connectivity index (χ4v) is 5.58. The van der Waals surface area contributed by atoms with Crippen molar-refractivity contribution >= 4 is 0 Å². The molecule has 0 aliphatic heterocycles. The van der Waals surface area contributed by atoms with Gasteiger partial charge in [-0.1, -0.05) is 60.7 Å². The number of rotatable bonds is 10. The van der Waals surface area contributed by atoms with Crippen molar-refractivity contribution in [2.75, 3.05) is 6.54 Å². The van der Waals surface area contributed by atoms with Gasteiger partial charge in [0.1, 0.15) is 5.82 Å². The van der Waals surface area contributed by atoms with E-state index in [1.54, 1.807) is 0 Å². The van der Waals surface area contributed by atoms with Crippen LogP contribution in [0.5, 0.6) is 0 Å². The molecule has 0 fully saturated rings. The van der Waals surface area contributed by atoms with E-state index in [1.807, 2.05) is 24.7 Å². The van der Waals surface area contributed by atoms with E-state index in [2.05, 4.69) is 82.5 Å². The van der Waals surface area contributed by atoms with Crippen LogP contribution in [0, 0.1) is 5.92 Å². The predicted molar refractivity (Wildman–Crippen MR) is 142 cm³/mol. The lowest BCUT2D eigenvalue weighted by Gasteiger charge is -2.42. The SMILES string of the molecule is C=CCNCc1ccccc1CN(C1CCCc2cccnc21)C(c1ncc[nH]1)C1C=CC=CC1. The molecule has 5 nitrogen and oxygen atoms in total. The molecule has 0 bridgehead atoms. The van der Waals surface area contributed by atoms with Crippen LogP contribution in [-0.4, -0.2) is 26.4 Å². The van der Waals surface area contributed by atoms with Crippen LogP contribution >= 0.6 is 0 Å². The molecule has 2 aliphatic rings. The van der Waals surface area contributed by atoms with Crippen molar-refractivity contribution in [2.24, 2.45) is 5.92 Å². The summed E-state index contributed by atoms with van der Waals surface area (Å²) in [5, 5.41) is 3.49. The number of fused-ring (bicyclic) bond motifs is 1. The first-order valence-electron chi connectivity index (χ1n) is 12.8. The monoisotopic (exact) mass is 465 g/mol. The molecule has 0 saturated carbocycles. The Balaban J connectivity index is 1.57. The van der Waals surface area contributed by atoms with Crippen LogP contribution in [0.4, 0.5) is 0 Å². The summed E-state index contributed by atoms with van der Waals surface area (Å²) in [6, 6.07) is 13.5. The molecule has 5 heteroatoms. The average molecular weight is 466 g/mol. The second kappa shape index (κ2) is 11.4. The minimum Gasteiger partial charge on any atom is -0.347 e. The van der Waals surface area contributed by atoms with Gasteiger partial charge in [0.25, 0.3) is 0 Å². The van der Waals surface area contributed by atoms with Gasteiger partial charge in [-0.15, -0.1) is 6.58 Å². The van der Waals surface area contributed by atoms with Gasteiger partial charge in [0.15, 0.2) is 0 Å². The van der Waals surface area contributed by atoms with Crippen molar-refractivity contribution in [2.45, 2.75) is 50.9 Å². The van der Waals surface area contributed by atoms with Crippen LogP contribution in [0.15, 0.2) is 91.9 Å². The Morgan fingerprint density at radius 3 is 2.83 bits per heavy atom. The zero-order valence-corrected chi connectivity index (χ0v) is 20.3. The number of allylic oxidation sites excluding steroid dienone is 3. The van der Waals surface area contributed by atoms with Gasteiger partial charge in [-0.3, -0.25) is 9.88 Å². The first-order chi connectivity index (χ1) is 17.3. The fraction of sp³-hybridized carbons (Fsp3) is 0.333. The van der Waals surface area contributed by atoms with E-state index in [0.717, 1.165) is 44.7 Å². The van der Waals surface area contributed by atoms with Gasteiger partial charge in [-0.25, -0.2) is 4.98 Å². The van der Waals surface area contributed by atoms with Crippen molar-refractivity contribution in [1.29, 1.82) is 0 Å². The number of benzene rings is 1. The van der Waals surface area contributed by atoms with Crippen LogP contribution < -0.4 is 5.32 Å². The highest BCUT2D eigenvalue weighted by atomic mass is 15.2. The van der Waals surface area contributed by atoms with Crippen molar-refractivity contribution < 1.29 is 0 Å². The number of aromatic amines is 1. The molecule has 1 aromatic carbocycles. The number of nitrogens with one attached hydrogen (secondary N) is 2. The lowest BCUT2D eigenvalue weighted by molar-refractivity contribution is 0.0757. The number of hydrogen-bond donors (Lipinski definition) is 2. The van der Waals surface area contributed by atoms with Gasteiger partial charge in [0.05, 0.1) is 17.8 Å². The zero-order chi connectivity index (χ0) is 23.9. The summed E-state index contributed by atoms with van der Waals surface area (Å²) in [5.41, 5.74) is 5.28. The average Bonchev–Trinajstić information content (AvgIpc) is 3.44. The van der Waals surface area contributed by atoms with Crippen LogP contribution in [0.3, 0.4) is 0 Å². The minimum atomic E-state index is 0.123. The van der Waals surface area contributed by atoms with Gasteiger partial charge in [-0.2, -0.15) is 0 Å². The molecule has 2 aliphatic carbocycles. The van der Waals surface area contributed by atoms with Gasteiger partial charge < -0.3 is 10.3 Å². The fourth-order valence-electron chi connectivity index (χ4n) is 5.58. The number of aromatic nitrogens is 3. The summed E-state index contributed by atoms with van der Waals surface area (Å²) < 4.78 is 0. The third kappa shape index (κ3) is 5.37. The van der Waals surface area contributed by atoms with Crippen LogP contribution in [-0.2, 0) is 19.5 Å². The summed E-state index contributed by atoms with van der Waals surface area (Å²) in [6.07, 6.45) is 21.0. The van der Waals surface area contributed by atoms with Gasteiger partial charge in [0, 0.05) is 44.1 Å². The van der Waals surface area contributed by atoms with E-state index in [4.69, 9.17) is 9.97 Å². The number of H-pyrrole nitrogens is 1. The Morgan fingerprint density at radius 2 is 2.03 bits per heavy atom. The third-order valence-corrected chi connectivity index (χ3v) is 7.22. The molecule has 2 N–H and O–H groups in total. The summed E-state index contributed by atoms with van der Waals surface area (Å²) in [7, 11) is 0. The normalized spacial score (nSPS) is 20.0. The Hall–Kier alpha value is -3.28. The number of pyridine rings is 1. The highest BCUT2D eigenvalue weighted by Gasteiger charge is 2.37. The molecule has 3 aromatic rings. The molecular formula is C30H35N5. The molecule has 35 heavy (non-hydrogen) atoms. The third-order valence-electron chi connectivity index (χ3n) is 7.22. The predicted octanol–water partition coefficient (Wildman–Crippen LogP) is 5.83.